The molecule has 1 fully saturated rings. The first-order valence-corrected chi connectivity index (χ1v) is 8.78. The van der Waals surface area contributed by atoms with Crippen LogP contribution in [0.4, 0.5) is 0 Å². The number of rotatable bonds is 6. The quantitative estimate of drug-likeness (QED) is 0.608. The Morgan fingerprint density at radius 1 is 1.12 bits per heavy atom. The third-order valence-electron chi connectivity index (χ3n) is 5.01. The number of β-amino-alcohol motifs (C(OH)–C–C–N with tert-alkyl or cyclic N) is 1. The minimum absolute atomic E-state index is 0.0220. The summed E-state index contributed by atoms with van der Waals surface area (Å²) in [6, 6.07) is 5.51. The Bertz CT molecular complexity index is 720. The molecule has 1 aromatic carbocycles. The first-order valence-electron chi connectivity index (χ1n) is 8.78. The van der Waals surface area contributed by atoms with Crippen molar-refractivity contribution in [2.75, 3.05) is 19.9 Å². The number of carbonyl (C=O) groups is 2. The van der Waals surface area contributed by atoms with Gasteiger partial charge < -0.3 is 19.3 Å². The van der Waals surface area contributed by atoms with E-state index in [1.54, 1.807) is 0 Å². The fourth-order valence-electron chi connectivity index (χ4n) is 3.66. The zero-order valence-corrected chi connectivity index (χ0v) is 14.3. The molecule has 0 radical (unpaired) electrons. The molecule has 1 saturated heterocycles. The lowest BCUT2D eigenvalue weighted by Crippen LogP contribution is -2.39. The highest BCUT2D eigenvalue weighted by Crippen LogP contribution is 2.35. The normalized spacial score (nSPS) is 24.9. The van der Waals surface area contributed by atoms with Gasteiger partial charge in [-0.3, -0.25) is 14.5 Å². The van der Waals surface area contributed by atoms with Crippen LogP contribution in [-0.2, 0) is 20.9 Å². The van der Waals surface area contributed by atoms with Crippen molar-refractivity contribution in [3.8, 4) is 11.5 Å². The van der Waals surface area contributed by atoms with Gasteiger partial charge in [0.05, 0.1) is 37.7 Å². The summed E-state index contributed by atoms with van der Waals surface area (Å²) < 4.78 is 16.1. The summed E-state index contributed by atoms with van der Waals surface area (Å²) >= 11 is 0. The summed E-state index contributed by atoms with van der Waals surface area (Å²) in [5, 5.41) is 10.2. The van der Waals surface area contributed by atoms with Gasteiger partial charge in [-0.1, -0.05) is 18.2 Å². The van der Waals surface area contributed by atoms with E-state index in [2.05, 4.69) is 0 Å². The smallest absolute Gasteiger partial charge is 0.233 e. The van der Waals surface area contributed by atoms with Gasteiger partial charge in [-0.05, 0) is 30.5 Å². The van der Waals surface area contributed by atoms with Gasteiger partial charge in [0.15, 0.2) is 11.5 Å². The number of amides is 2. The van der Waals surface area contributed by atoms with Gasteiger partial charge in [-0.25, -0.2) is 0 Å². The van der Waals surface area contributed by atoms with Crippen LogP contribution in [0.2, 0.25) is 0 Å². The number of aliphatic hydroxyl groups is 1. The number of benzene rings is 1. The van der Waals surface area contributed by atoms with Crippen molar-refractivity contribution in [1.29, 1.82) is 0 Å². The van der Waals surface area contributed by atoms with Crippen LogP contribution in [-0.4, -0.2) is 47.9 Å². The van der Waals surface area contributed by atoms with Crippen LogP contribution in [0.1, 0.15) is 18.4 Å². The number of fused-ring (bicyclic) bond motifs is 2. The molecule has 3 aliphatic rings. The van der Waals surface area contributed by atoms with E-state index in [1.165, 1.54) is 4.90 Å². The summed E-state index contributed by atoms with van der Waals surface area (Å²) in [7, 11) is 0. The summed E-state index contributed by atoms with van der Waals surface area (Å²) in [5.74, 6) is 0.480. The molecule has 138 valence electrons. The monoisotopic (exact) mass is 359 g/mol. The lowest BCUT2D eigenvalue weighted by atomic mass is 9.85. The molecule has 0 bridgehead atoms. The Labute approximate surface area is 151 Å². The van der Waals surface area contributed by atoms with E-state index < -0.39 is 6.10 Å². The number of ether oxygens (including phenoxy) is 3. The molecule has 1 N–H and O–H groups in total. The van der Waals surface area contributed by atoms with E-state index in [4.69, 9.17) is 14.2 Å². The molecule has 2 aliphatic heterocycles. The summed E-state index contributed by atoms with van der Waals surface area (Å²) in [6.07, 6.45) is 4.18. The van der Waals surface area contributed by atoms with E-state index in [-0.39, 0.29) is 43.6 Å². The highest BCUT2D eigenvalue weighted by atomic mass is 16.7. The number of nitrogens with zero attached hydrogens (tertiary/aromatic N) is 1. The minimum Gasteiger partial charge on any atom is -0.454 e. The number of hydrogen-bond acceptors (Lipinski definition) is 6. The van der Waals surface area contributed by atoms with Crippen LogP contribution in [0.15, 0.2) is 30.4 Å². The van der Waals surface area contributed by atoms with Gasteiger partial charge in [0, 0.05) is 0 Å². The number of imide groups is 1. The number of likely N-dealkylation sites (tertiary alicyclic amines) is 1. The van der Waals surface area contributed by atoms with E-state index >= 15 is 0 Å². The van der Waals surface area contributed by atoms with Crippen LogP contribution in [0.25, 0.3) is 0 Å². The lowest BCUT2D eigenvalue weighted by molar-refractivity contribution is -0.142. The number of hydrogen-bond donors (Lipinski definition) is 1. The molecular formula is C19H21NO6. The zero-order chi connectivity index (χ0) is 18.1. The van der Waals surface area contributed by atoms with Gasteiger partial charge in [0.1, 0.15) is 0 Å². The molecule has 0 aromatic heterocycles. The number of aliphatic hydroxyl groups excluding tert-OH is 1. The number of carbonyl (C=O) groups excluding carboxylic acids is 2. The van der Waals surface area contributed by atoms with Crippen molar-refractivity contribution in [3.63, 3.8) is 0 Å². The molecule has 0 spiro atoms. The summed E-state index contributed by atoms with van der Waals surface area (Å²) in [6.45, 7) is 0.531. The van der Waals surface area contributed by atoms with Crippen LogP contribution >= 0.6 is 0 Å². The zero-order valence-electron chi connectivity index (χ0n) is 14.3. The molecule has 26 heavy (non-hydrogen) atoms. The molecule has 0 unspecified atom stereocenters. The van der Waals surface area contributed by atoms with E-state index in [1.807, 2.05) is 30.4 Å². The van der Waals surface area contributed by atoms with Gasteiger partial charge in [-0.15, -0.1) is 0 Å². The van der Waals surface area contributed by atoms with Crippen LogP contribution in [0.5, 0.6) is 11.5 Å². The number of allylic oxidation sites excluding steroid dienone is 2. The molecule has 0 saturated carbocycles. The third kappa shape index (κ3) is 3.20. The first-order chi connectivity index (χ1) is 12.6. The first kappa shape index (κ1) is 17.1. The van der Waals surface area contributed by atoms with E-state index in [0.29, 0.717) is 30.9 Å². The second-order valence-electron chi connectivity index (χ2n) is 6.80. The maximum Gasteiger partial charge on any atom is 0.233 e. The SMILES string of the molecule is O=C1[C@@H]2CC=CC[C@H]2C(=O)N1C[C@H](O)COCc1ccc2c(c1)OCO2. The molecule has 3 atom stereocenters. The molecule has 1 aromatic rings. The molecule has 2 amide bonds. The van der Waals surface area contributed by atoms with Crippen molar-refractivity contribution in [3.05, 3.63) is 35.9 Å². The van der Waals surface area contributed by atoms with Crippen molar-refractivity contribution in [2.24, 2.45) is 11.8 Å². The maximum atomic E-state index is 12.4. The Morgan fingerprint density at radius 3 is 2.54 bits per heavy atom. The van der Waals surface area contributed by atoms with Gasteiger partial charge in [-0.2, -0.15) is 0 Å². The molecule has 1 aliphatic carbocycles. The van der Waals surface area contributed by atoms with Crippen molar-refractivity contribution < 1.29 is 28.9 Å². The average molecular weight is 359 g/mol. The van der Waals surface area contributed by atoms with Crippen molar-refractivity contribution in [1.82, 2.24) is 4.90 Å². The Balaban J connectivity index is 1.27. The highest BCUT2D eigenvalue weighted by Gasteiger charge is 2.47. The topological polar surface area (TPSA) is 85.3 Å². The van der Waals surface area contributed by atoms with Crippen molar-refractivity contribution in [2.45, 2.75) is 25.6 Å². The van der Waals surface area contributed by atoms with E-state index in [9.17, 15) is 14.7 Å². The molecule has 7 nitrogen and oxygen atoms in total. The molecule has 2 heterocycles. The fraction of sp³-hybridized carbons (Fsp3) is 0.474. The Morgan fingerprint density at radius 2 is 1.81 bits per heavy atom. The van der Waals surface area contributed by atoms with Crippen LogP contribution in [0.3, 0.4) is 0 Å². The maximum absolute atomic E-state index is 12.4. The summed E-state index contributed by atoms with van der Waals surface area (Å²) in [4.78, 5) is 26.0. The predicted octanol–water partition coefficient (Wildman–Crippen LogP) is 1.24. The second-order valence-corrected chi connectivity index (χ2v) is 6.80. The second kappa shape index (κ2) is 7.09. The average Bonchev–Trinajstić information content (AvgIpc) is 3.21. The van der Waals surface area contributed by atoms with Gasteiger partial charge >= 0.3 is 0 Å². The molecule has 4 rings (SSSR count). The minimum atomic E-state index is -0.912. The highest BCUT2D eigenvalue weighted by molar-refractivity contribution is 6.05. The van der Waals surface area contributed by atoms with Crippen LogP contribution in [0, 0.1) is 11.8 Å². The standard InChI is InChI=1S/C19H21NO6/c21-13(8-20-18(22)14-3-1-2-4-15(14)19(20)23)10-24-9-12-5-6-16-17(7-12)26-11-25-16/h1-2,5-7,13-15,21H,3-4,8-11H2/t13-,14+,15+/m0/s1. The Kier molecular flexibility index (Phi) is 4.65. The van der Waals surface area contributed by atoms with Gasteiger partial charge in [0.25, 0.3) is 0 Å². The Hall–Kier alpha value is -2.38. The molecule has 7 heteroatoms. The molecular weight excluding hydrogens is 338 g/mol. The van der Waals surface area contributed by atoms with Gasteiger partial charge in [0.2, 0.25) is 18.6 Å². The summed E-state index contributed by atoms with van der Waals surface area (Å²) in [5.41, 5.74) is 0.895. The van der Waals surface area contributed by atoms with E-state index in [0.717, 1.165) is 5.56 Å². The largest absolute Gasteiger partial charge is 0.454 e. The lowest BCUT2D eigenvalue weighted by Gasteiger charge is -2.19. The van der Waals surface area contributed by atoms with Crippen LogP contribution < -0.4 is 9.47 Å². The fourth-order valence-corrected chi connectivity index (χ4v) is 3.66. The third-order valence-corrected chi connectivity index (χ3v) is 5.01. The predicted molar refractivity (Wildman–Crippen MR) is 90.3 cm³/mol. The van der Waals surface area contributed by atoms with Crippen molar-refractivity contribution >= 4 is 11.8 Å².